The van der Waals surface area contributed by atoms with Crippen LogP contribution in [0, 0.1) is 5.92 Å². The first kappa shape index (κ1) is 16.0. The van der Waals surface area contributed by atoms with E-state index >= 15 is 0 Å². The van der Waals surface area contributed by atoms with Gasteiger partial charge in [-0.15, -0.1) is 0 Å². The lowest BCUT2D eigenvalue weighted by Crippen LogP contribution is -2.43. The zero-order valence-corrected chi connectivity index (χ0v) is 13.0. The van der Waals surface area contributed by atoms with Crippen LogP contribution >= 0.6 is 0 Å². The Morgan fingerprint density at radius 3 is 2.95 bits per heavy atom. The van der Waals surface area contributed by atoms with Crippen LogP contribution in [0.4, 0.5) is 5.69 Å². The molecule has 1 heterocycles. The van der Waals surface area contributed by atoms with E-state index < -0.39 is 0 Å². The Morgan fingerprint density at radius 1 is 1.48 bits per heavy atom. The zero-order chi connectivity index (χ0) is 15.2. The monoisotopic (exact) mass is 290 g/mol. The summed E-state index contributed by atoms with van der Waals surface area (Å²) in [6.07, 6.45) is 2.71. The standard InChI is InChI=1S/C17H26N2O2/c1-3-14-7-4-5-9-16(14)18-17(21)12-19-10-6-8-15(11-19)13(2)20/h4-5,7,9,13,15,20H,3,6,8,10-12H2,1-2H3,(H,18,21). The topological polar surface area (TPSA) is 52.6 Å². The van der Waals surface area contributed by atoms with Crippen LogP contribution in [-0.2, 0) is 11.2 Å². The molecule has 2 rings (SSSR count). The molecule has 2 N–H and O–H groups in total. The minimum atomic E-state index is -0.295. The fraction of sp³-hybridized carbons (Fsp3) is 0.588. The Labute approximate surface area is 127 Å². The van der Waals surface area contributed by atoms with E-state index in [1.54, 1.807) is 0 Å². The third-order valence-electron chi connectivity index (χ3n) is 4.26. The predicted molar refractivity (Wildman–Crippen MR) is 85.3 cm³/mol. The highest BCUT2D eigenvalue weighted by Crippen LogP contribution is 2.20. The van der Waals surface area contributed by atoms with E-state index in [2.05, 4.69) is 17.1 Å². The number of aryl methyl sites for hydroxylation is 1. The molecule has 4 nitrogen and oxygen atoms in total. The average molecular weight is 290 g/mol. The van der Waals surface area contributed by atoms with Crippen molar-refractivity contribution in [1.82, 2.24) is 4.90 Å². The molecular formula is C17H26N2O2. The number of hydrogen-bond acceptors (Lipinski definition) is 3. The second-order valence-corrected chi connectivity index (χ2v) is 5.94. The van der Waals surface area contributed by atoms with Crippen molar-refractivity contribution < 1.29 is 9.90 Å². The van der Waals surface area contributed by atoms with Crippen LogP contribution in [0.2, 0.25) is 0 Å². The summed E-state index contributed by atoms with van der Waals surface area (Å²) in [5.41, 5.74) is 2.07. The van der Waals surface area contributed by atoms with E-state index in [0.29, 0.717) is 6.54 Å². The van der Waals surface area contributed by atoms with Gasteiger partial charge in [0, 0.05) is 12.2 Å². The van der Waals surface area contributed by atoms with Gasteiger partial charge in [-0.1, -0.05) is 25.1 Å². The summed E-state index contributed by atoms with van der Waals surface area (Å²) in [7, 11) is 0. The molecule has 0 aliphatic carbocycles. The SMILES string of the molecule is CCc1ccccc1NC(=O)CN1CCCC(C(C)O)C1. The quantitative estimate of drug-likeness (QED) is 0.875. The molecule has 0 radical (unpaired) electrons. The molecular weight excluding hydrogens is 264 g/mol. The molecule has 1 aromatic rings. The number of carbonyl (C=O) groups excluding carboxylic acids is 1. The molecule has 1 aliphatic heterocycles. The van der Waals surface area contributed by atoms with Crippen molar-refractivity contribution in [3.05, 3.63) is 29.8 Å². The van der Waals surface area contributed by atoms with Gasteiger partial charge in [-0.2, -0.15) is 0 Å². The Hall–Kier alpha value is -1.39. The fourth-order valence-corrected chi connectivity index (χ4v) is 2.97. The Balaban J connectivity index is 1.89. The number of amides is 1. The summed E-state index contributed by atoms with van der Waals surface area (Å²) in [6.45, 7) is 6.07. The Morgan fingerprint density at radius 2 is 2.24 bits per heavy atom. The summed E-state index contributed by atoms with van der Waals surface area (Å²) < 4.78 is 0. The first-order chi connectivity index (χ1) is 10.1. The number of likely N-dealkylation sites (tertiary alicyclic amines) is 1. The highest BCUT2D eigenvalue weighted by Gasteiger charge is 2.24. The first-order valence-electron chi connectivity index (χ1n) is 7.88. The first-order valence-corrected chi connectivity index (χ1v) is 7.88. The molecule has 2 atom stereocenters. The molecule has 2 unspecified atom stereocenters. The van der Waals surface area contributed by atoms with E-state index in [0.717, 1.165) is 43.6 Å². The number of rotatable bonds is 5. The van der Waals surface area contributed by atoms with Gasteiger partial charge in [0.05, 0.1) is 12.6 Å². The Bertz CT molecular complexity index is 474. The number of nitrogens with one attached hydrogen (secondary N) is 1. The summed E-state index contributed by atoms with van der Waals surface area (Å²) in [4.78, 5) is 14.4. The predicted octanol–water partition coefficient (Wildman–Crippen LogP) is 2.28. The summed E-state index contributed by atoms with van der Waals surface area (Å²) in [6, 6.07) is 7.93. The van der Waals surface area contributed by atoms with E-state index in [-0.39, 0.29) is 17.9 Å². The van der Waals surface area contributed by atoms with Crippen LogP contribution in [0.1, 0.15) is 32.3 Å². The lowest BCUT2D eigenvalue weighted by molar-refractivity contribution is -0.118. The second kappa shape index (κ2) is 7.57. The summed E-state index contributed by atoms with van der Waals surface area (Å²) in [5.74, 6) is 0.316. The number of anilines is 1. The van der Waals surface area contributed by atoms with Crippen molar-refractivity contribution in [2.45, 2.75) is 39.2 Å². The van der Waals surface area contributed by atoms with Crippen LogP contribution in [-0.4, -0.2) is 41.7 Å². The van der Waals surface area contributed by atoms with Crippen LogP contribution in [0.3, 0.4) is 0 Å². The molecule has 4 heteroatoms. The number of piperidine rings is 1. The average Bonchev–Trinajstić information content (AvgIpc) is 2.48. The smallest absolute Gasteiger partial charge is 0.238 e. The molecule has 0 bridgehead atoms. The molecule has 21 heavy (non-hydrogen) atoms. The number of aliphatic hydroxyl groups excluding tert-OH is 1. The van der Waals surface area contributed by atoms with E-state index in [4.69, 9.17) is 0 Å². The summed E-state index contributed by atoms with van der Waals surface area (Å²) >= 11 is 0. The Kier molecular flexibility index (Phi) is 5.76. The van der Waals surface area contributed by atoms with Gasteiger partial charge in [-0.3, -0.25) is 9.69 Å². The van der Waals surface area contributed by atoms with E-state index in [9.17, 15) is 9.90 Å². The molecule has 116 valence electrons. The van der Waals surface area contributed by atoms with Crippen LogP contribution in [0.5, 0.6) is 0 Å². The number of carbonyl (C=O) groups is 1. The van der Waals surface area contributed by atoms with Crippen LogP contribution < -0.4 is 5.32 Å². The van der Waals surface area contributed by atoms with Crippen LogP contribution in [0.15, 0.2) is 24.3 Å². The minimum absolute atomic E-state index is 0.0298. The number of nitrogens with zero attached hydrogens (tertiary/aromatic N) is 1. The van der Waals surface area contributed by atoms with Crippen molar-refractivity contribution in [2.75, 3.05) is 25.0 Å². The van der Waals surface area contributed by atoms with Crippen molar-refractivity contribution in [2.24, 2.45) is 5.92 Å². The highest BCUT2D eigenvalue weighted by molar-refractivity contribution is 5.93. The third kappa shape index (κ3) is 4.55. The van der Waals surface area contributed by atoms with Crippen LogP contribution in [0.25, 0.3) is 0 Å². The number of hydrogen-bond donors (Lipinski definition) is 2. The second-order valence-electron chi connectivity index (χ2n) is 5.94. The molecule has 1 aromatic carbocycles. The molecule has 1 amide bonds. The molecule has 1 fully saturated rings. The van der Waals surface area contributed by atoms with Gasteiger partial charge in [0.2, 0.25) is 5.91 Å². The maximum absolute atomic E-state index is 12.2. The number of aliphatic hydroxyl groups is 1. The minimum Gasteiger partial charge on any atom is -0.393 e. The van der Waals surface area contributed by atoms with Crippen molar-refractivity contribution in [3.8, 4) is 0 Å². The number of para-hydroxylation sites is 1. The highest BCUT2D eigenvalue weighted by atomic mass is 16.3. The molecule has 0 aromatic heterocycles. The number of benzene rings is 1. The van der Waals surface area contributed by atoms with Gasteiger partial charge in [0.25, 0.3) is 0 Å². The van der Waals surface area contributed by atoms with E-state index in [1.165, 1.54) is 0 Å². The lowest BCUT2D eigenvalue weighted by atomic mass is 9.93. The third-order valence-corrected chi connectivity index (χ3v) is 4.26. The molecule has 0 spiro atoms. The lowest BCUT2D eigenvalue weighted by Gasteiger charge is -2.33. The van der Waals surface area contributed by atoms with Gasteiger partial charge in [-0.25, -0.2) is 0 Å². The van der Waals surface area contributed by atoms with Crippen molar-refractivity contribution >= 4 is 11.6 Å². The fourth-order valence-electron chi connectivity index (χ4n) is 2.97. The summed E-state index contributed by atoms with van der Waals surface area (Å²) in [5, 5.41) is 12.7. The van der Waals surface area contributed by atoms with E-state index in [1.807, 2.05) is 31.2 Å². The van der Waals surface area contributed by atoms with Gasteiger partial charge in [0.15, 0.2) is 0 Å². The van der Waals surface area contributed by atoms with Crippen molar-refractivity contribution in [1.29, 1.82) is 0 Å². The molecule has 0 saturated carbocycles. The molecule has 1 aliphatic rings. The normalized spacial score (nSPS) is 21.0. The van der Waals surface area contributed by atoms with Gasteiger partial charge in [0.1, 0.15) is 0 Å². The molecule has 1 saturated heterocycles. The maximum atomic E-state index is 12.2. The maximum Gasteiger partial charge on any atom is 0.238 e. The van der Waals surface area contributed by atoms with Gasteiger partial charge in [-0.05, 0) is 50.3 Å². The largest absolute Gasteiger partial charge is 0.393 e. The zero-order valence-electron chi connectivity index (χ0n) is 13.0. The van der Waals surface area contributed by atoms with Crippen molar-refractivity contribution in [3.63, 3.8) is 0 Å². The van der Waals surface area contributed by atoms with Gasteiger partial charge >= 0.3 is 0 Å². The van der Waals surface area contributed by atoms with Gasteiger partial charge < -0.3 is 10.4 Å².